The van der Waals surface area contributed by atoms with Gasteiger partial charge in [-0.25, -0.2) is 13.1 Å². The Bertz CT molecular complexity index is 487. The van der Waals surface area contributed by atoms with E-state index in [1.54, 1.807) is 0 Å². The number of nitrogens with two attached hydrogens (primary N) is 1. The smallest absolute Gasteiger partial charge is 0.245 e. The maximum absolute atomic E-state index is 12.0. The van der Waals surface area contributed by atoms with Gasteiger partial charge in [0.25, 0.3) is 0 Å². The molecule has 0 aromatic carbocycles. The quantitative estimate of drug-likeness (QED) is 0.656. The number of nitrogens with one attached hydrogen (secondary N) is 1. The van der Waals surface area contributed by atoms with E-state index < -0.39 is 10.0 Å². The molecule has 0 aliphatic heterocycles. The summed E-state index contributed by atoms with van der Waals surface area (Å²) < 4.78 is 37.0. The summed E-state index contributed by atoms with van der Waals surface area (Å²) in [6, 6.07) is 1.41. The lowest BCUT2D eigenvalue weighted by Crippen LogP contribution is -2.27. The summed E-state index contributed by atoms with van der Waals surface area (Å²) in [6.07, 6.45) is 2.02. The van der Waals surface area contributed by atoms with Crippen LogP contribution in [0.1, 0.15) is 25.5 Å². The number of furan rings is 1. The maximum Gasteiger partial charge on any atom is 0.245 e. The van der Waals surface area contributed by atoms with Gasteiger partial charge in [-0.2, -0.15) is 0 Å². The number of unbranched alkanes of at least 4 members (excludes halogenated alkanes) is 1. The minimum absolute atomic E-state index is 0.0570. The topological polar surface area (TPSA) is 94.6 Å². The molecular formula is C11H19BrN2O4S. The predicted octanol–water partition coefficient (Wildman–Crippen LogP) is 1.60. The summed E-state index contributed by atoms with van der Waals surface area (Å²) >= 11 is 3.06. The first kappa shape index (κ1) is 16.6. The standard InChI is InChI=1S/C11H19BrN2O4S/c1-2-3-5-17-6-4-14-19(15,16)10-7-9(8-13)18-11(10)12/h7,14H,2-6,8,13H2,1H3. The van der Waals surface area contributed by atoms with Crippen LogP contribution in [0.5, 0.6) is 0 Å². The van der Waals surface area contributed by atoms with Crippen molar-refractivity contribution < 1.29 is 17.6 Å². The first-order valence-electron chi connectivity index (χ1n) is 6.07. The molecule has 0 spiro atoms. The van der Waals surface area contributed by atoms with Crippen molar-refractivity contribution in [1.82, 2.24) is 4.72 Å². The van der Waals surface area contributed by atoms with Crippen LogP contribution in [0.15, 0.2) is 20.0 Å². The molecule has 110 valence electrons. The molecule has 0 unspecified atom stereocenters. The highest BCUT2D eigenvalue weighted by molar-refractivity contribution is 9.10. The van der Waals surface area contributed by atoms with Gasteiger partial charge in [-0.15, -0.1) is 0 Å². The van der Waals surface area contributed by atoms with E-state index in [0.29, 0.717) is 19.0 Å². The van der Waals surface area contributed by atoms with E-state index in [1.807, 2.05) is 0 Å². The number of rotatable bonds is 9. The van der Waals surface area contributed by atoms with Crippen LogP contribution in [0.2, 0.25) is 0 Å². The second-order valence-corrected chi connectivity index (χ2v) is 6.37. The number of halogens is 1. The molecule has 3 N–H and O–H groups in total. The Balaban J connectivity index is 2.49. The second kappa shape index (κ2) is 8.01. The van der Waals surface area contributed by atoms with E-state index >= 15 is 0 Å². The molecule has 0 radical (unpaired) electrons. The van der Waals surface area contributed by atoms with E-state index in [1.165, 1.54) is 6.07 Å². The Labute approximate surface area is 121 Å². The summed E-state index contributed by atoms with van der Waals surface area (Å²) in [6.45, 7) is 3.43. The van der Waals surface area contributed by atoms with E-state index in [4.69, 9.17) is 14.9 Å². The minimum Gasteiger partial charge on any atom is -0.452 e. The number of hydrogen-bond donors (Lipinski definition) is 2. The molecule has 0 atom stereocenters. The monoisotopic (exact) mass is 354 g/mol. The maximum atomic E-state index is 12.0. The zero-order valence-electron chi connectivity index (χ0n) is 10.8. The molecule has 1 heterocycles. The number of hydrogen-bond acceptors (Lipinski definition) is 5. The summed E-state index contributed by atoms with van der Waals surface area (Å²) in [4.78, 5) is 0.0570. The molecule has 0 aliphatic carbocycles. The van der Waals surface area contributed by atoms with Crippen molar-refractivity contribution in [2.75, 3.05) is 19.8 Å². The van der Waals surface area contributed by atoms with Gasteiger partial charge in [0.05, 0.1) is 13.2 Å². The Morgan fingerprint density at radius 1 is 1.47 bits per heavy atom. The molecule has 0 amide bonds. The molecule has 6 nitrogen and oxygen atoms in total. The van der Waals surface area contributed by atoms with Gasteiger partial charge in [0.2, 0.25) is 10.0 Å². The average Bonchev–Trinajstić information content (AvgIpc) is 2.76. The molecule has 0 fully saturated rings. The van der Waals surface area contributed by atoms with Crippen LogP contribution in [0, 0.1) is 0 Å². The van der Waals surface area contributed by atoms with Crippen molar-refractivity contribution >= 4 is 26.0 Å². The van der Waals surface area contributed by atoms with Gasteiger partial charge >= 0.3 is 0 Å². The highest BCUT2D eigenvalue weighted by Gasteiger charge is 2.21. The van der Waals surface area contributed by atoms with Gasteiger partial charge < -0.3 is 14.9 Å². The van der Waals surface area contributed by atoms with Crippen molar-refractivity contribution in [2.24, 2.45) is 5.73 Å². The summed E-state index contributed by atoms with van der Waals surface area (Å²) in [5.41, 5.74) is 5.39. The third kappa shape index (κ3) is 5.23. The molecule has 0 aliphatic rings. The van der Waals surface area contributed by atoms with Crippen LogP contribution in [0.4, 0.5) is 0 Å². The fourth-order valence-electron chi connectivity index (χ4n) is 1.36. The Morgan fingerprint density at radius 2 is 2.21 bits per heavy atom. The van der Waals surface area contributed by atoms with Crippen LogP contribution in [0.25, 0.3) is 0 Å². The van der Waals surface area contributed by atoms with Gasteiger partial charge in [0.15, 0.2) is 4.67 Å². The average molecular weight is 355 g/mol. The largest absolute Gasteiger partial charge is 0.452 e. The Morgan fingerprint density at radius 3 is 2.79 bits per heavy atom. The predicted molar refractivity (Wildman–Crippen MR) is 75.2 cm³/mol. The van der Waals surface area contributed by atoms with Crippen LogP contribution >= 0.6 is 15.9 Å². The molecule has 8 heteroatoms. The molecule has 1 rings (SSSR count). The van der Waals surface area contributed by atoms with Crippen molar-refractivity contribution in [3.8, 4) is 0 Å². The third-order valence-electron chi connectivity index (χ3n) is 2.38. The minimum atomic E-state index is -3.60. The van der Waals surface area contributed by atoms with Gasteiger partial charge in [-0.05, 0) is 22.4 Å². The lowest BCUT2D eigenvalue weighted by atomic mass is 10.4. The molecule has 0 saturated carbocycles. The van der Waals surface area contributed by atoms with Crippen LogP contribution in [0.3, 0.4) is 0 Å². The molecule has 0 bridgehead atoms. The highest BCUT2D eigenvalue weighted by Crippen LogP contribution is 2.25. The van der Waals surface area contributed by atoms with E-state index in [0.717, 1.165) is 12.8 Å². The van der Waals surface area contributed by atoms with Gasteiger partial charge in [-0.3, -0.25) is 0 Å². The normalized spacial score (nSPS) is 11.9. The third-order valence-corrected chi connectivity index (χ3v) is 4.70. The van der Waals surface area contributed by atoms with Crippen molar-refractivity contribution in [1.29, 1.82) is 0 Å². The first-order chi connectivity index (χ1) is 9.01. The second-order valence-electron chi connectivity index (χ2n) is 3.92. The highest BCUT2D eigenvalue weighted by atomic mass is 79.9. The number of ether oxygens (including phenoxy) is 1. The van der Waals surface area contributed by atoms with Crippen LogP contribution in [-0.2, 0) is 21.3 Å². The van der Waals surface area contributed by atoms with Gasteiger partial charge in [-0.1, -0.05) is 13.3 Å². The fraction of sp³-hybridized carbons (Fsp3) is 0.636. The summed E-state index contributed by atoms with van der Waals surface area (Å²) in [7, 11) is -3.60. The van der Waals surface area contributed by atoms with Crippen LogP contribution < -0.4 is 10.5 Å². The zero-order chi connectivity index (χ0) is 14.3. The fourth-order valence-corrected chi connectivity index (χ4v) is 3.36. The molecule has 0 saturated heterocycles. The Kier molecular flexibility index (Phi) is 7.01. The van der Waals surface area contributed by atoms with Crippen LogP contribution in [-0.4, -0.2) is 28.2 Å². The van der Waals surface area contributed by atoms with E-state index in [2.05, 4.69) is 27.6 Å². The molecule has 1 aromatic heterocycles. The zero-order valence-corrected chi connectivity index (χ0v) is 13.2. The summed E-state index contributed by atoms with van der Waals surface area (Å²) in [5.74, 6) is 0.409. The lowest BCUT2D eigenvalue weighted by molar-refractivity contribution is 0.136. The first-order valence-corrected chi connectivity index (χ1v) is 8.34. The SMILES string of the molecule is CCCCOCCNS(=O)(=O)c1cc(CN)oc1Br. The van der Waals surface area contributed by atoms with Crippen molar-refractivity contribution in [3.63, 3.8) is 0 Å². The number of sulfonamides is 1. The molecule has 1 aromatic rings. The van der Waals surface area contributed by atoms with Crippen molar-refractivity contribution in [3.05, 3.63) is 16.5 Å². The molecule has 19 heavy (non-hydrogen) atoms. The van der Waals surface area contributed by atoms with E-state index in [-0.39, 0.29) is 22.7 Å². The van der Waals surface area contributed by atoms with Gasteiger partial charge in [0, 0.05) is 19.2 Å². The van der Waals surface area contributed by atoms with E-state index in [9.17, 15) is 8.42 Å². The van der Waals surface area contributed by atoms with Crippen molar-refractivity contribution in [2.45, 2.75) is 31.2 Å². The summed E-state index contributed by atoms with van der Waals surface area (Å²) in [5, 5.41) is 0. The van der Waals surface area contributed by atoms with Gasteiger partial charge in [0.1, 0.15) is 10.7 Å². The Hall–Kier alpha value is -0.410. The molecular weight excluding hydrogens is 336 g/mol. The lowest BCUT2D eigenvalue weighted by Gasteiger charge is -2.06.